The maximum atomic E-state index is 12.7. The maximum absolute atomic E-state index is 12.7. The minimum atomic E-state index is -4.81. The first kappa shape index (κ1) is 28.5. The topological polar surface area (TPSA) is 114 Å². The van der Waals surface area contributed by atoms with Crippen molar-refractivity contribution in [1.29, 1.82) is 0 Å². The minimum absolute atomic E-state index is 0.121. The van der Waals surface area contributed by atoms with Gasteiger partial charge in [-0.15, -0.1) is 13.2 Å². The van der Waals surface area contributed by atoms with Crippen LogP contribution in [0.3, 0.4) is 0 Å². The lowest BCUT2D eigenvalue weighted by Gasteiger charge is -2.14. The summed E-state index contributed by atoms with van der Waals surface area (Å²) in [5, 5.41) is 3.65. The fourth-order valence-corrected chi connectivity index (χ4v) is 4.85. The molecule has 0 radical (unpaired) electrons. The number of halogens is 3. The van der Waals surface area contributed by atoms with Gasteiger partial charge in [0, 0.05) is 23.7 Å². The highest BCUT2D eigenvalue weighted by Crippen LogP contribution is 2.33. The van der Waals surface area contributed by atoms with Crippen molar-refractivity contribution >= 4 is 17.0 Å². The van der Waals surface area contributed by atoms with E-state index >= 15 is 0 Å². The molecule has 0 aliphatic heterocycles. The Labute approximate surface area is 240 Å². The number of rotatable bonds is 8. The molecule has 216 valence electrons. The van der Waals surface area contributed by atoms with Gasteiger partial charge in [-0.1, -0.05) is 37.3 Å². The molecule has 42 heavy (non-hydrogen) atoms. The van der Waals surface area contributed by atoms with E-state index < -0.39 is 6.36 Å². The fraction of sp³-hybridized carbons (Fsp3) is 0.194. The van der Waals surface area contributed by atoms with Crippen LogP contribution in [0.5, 0.6) is 17.2 Å². The third-order valence-corrected chi connectivity index (χ3v) is 6.70. The zero-order valence-electron chi connectivity index (χ0n) is 23.2. The lowest BCUT2D eigenvalue weighted by molar-refractivity contribution is -0.274. The summed E-state index contributed by atoms with van der Waals surface area (Å²) in [5.41, 5.74) is 13.0. The number of alkyl halides is 3. The molecule has 0 fully saturated rings. The molecule has 0 unspecified atom stereocenters. The van der Waals surface area contributed by atoms with E-state index in [4.69, 9.17) is 26.3 Å². The SMILES string of the molecule is CCc1nc2c(C)cc(C)nc2n1Cc1ccc(-c2cc(Oc3cccc(OC(F)(F)F)c3)ccc2/C(N)=N/N)cc1. The summed E-state index contributed by atoms with van der Waals surface area (Å²) >= 11 is 0. The minimum Gasteiger partial charge on any atom is -0.457 e. The second kappa shape index (κ2) is 11.4. The standard InChI is InChI=1S/C31H29F3N6O2/c1-4-27-38-28-18(2)14-19(3)37-30(28)40(27)17-20-8-10-21(11-9-20)26-16-23(12-13-25(26)29(35)39-36)41-22-6-5-7-24(15-22)42-31(32,33)34/h5-16H,4,17,36H2,1-3H3,(H2,35,39). The van der Waals surface area contributed by atoms with Gasteiger partial charge in [-0.3, -0.25) is 0 Å². The van der Waals surface area contributed by atoms with Gasteiger partial charge in [-0.2, -0.15) is 5.10 Å². The van der Waals surface area contributed by atoms with Crippen molar-refractivity contribution in [2.75, 3.05) is 0 Å². The van der Waals surface area contributed by atoms with Crippen LogP contribution in [0, 0.1) is 13.8 Å². The third-order valence-electron chi connectivity index (χ3n) is 6.70. The van der Waals surface area contributed by atoms with E-state index in [9.17, 15) is 13.2 Å². The molecule has 0 atom stereocenters. The molecule has 0 aliphatic rings. The largest absolute Gasteiger partial charge is 0.573 e. The van der Waals surface area contributed by atoms with Gasteiger partial charge in [0.1, 0.15) is 28.6 Å². The molecule has 0 saturated carbocycles. The number of amidine groups is 1. The Kier molecular flexibility index (Phi) is 7.75. The molecule has 2 heterocycles. The summed E-state index contributed by atoms with van der Waals surface area (Å²) in [6, 6.07) is 20.3. The number of nitrogens with zero attached hydrogens (tertiary/aromatic N) is 4. The van der Waals surface area contributed by atoms with E-state index in [0.717, 1.165) is 51.9 Å². The molecule has 5 aromatic rings. The predicted octanol–water partition coefficient (Wildman–Crippen LogP) is 6.60. The van der Waals surface area contributed by atoms with Crippen LogP contribution in [0.1, 0.15) is 35.1 Å². The summed E-state index contributed by atoms with van der Waals surface area (Å²) in [6.07, 6.45) is -4.04. The Bertz CT molecular complexity index is 1780. The van der Waals surface area contributed by atoms with Crippen molar-refractivity contribution in [1.82, 2.24) is 14.5 Å². The molecule has 0 bridgehead atoms. The summed E-state index contributed by atoms with van der Waals surface area (Å²) in [4.78, 5) is 9.58. The number of pyridine rings is 1. The Hall–Kier alpha value is -5.06. The summed E-state index contributed by atoms with van der Waals surface area (Å²) < 4.78 is 50.0. The Balaban J connectivity index is 1.46. The molecule has 4 N–H and O–H groups in total. The Morgan fingerprint density at radius 1 is 0.929 bits per heavy atom. The van der Waals surface area contributed by atoms with Crippen LogP contribution >= 0.6 is 0 Å². The van der Waals surface area contributed by atoms with Crippen LogP contribution in [-0.2, 0) is 13.0 Å². The van der Waals surface area contributed by atoms with Crippen LogP contribution < -0.4 is 21.1 Å². The van der Waals surface area contributed by atoms with Crippen molar-refractivity contribution in [3.63, 3.8) is 0 Å². The quantitative estimate of drug-likeness (QED) is 0.0935. The molecule has 11 heteroatoms. The number of hydrazone groups is 1. The number of ether oxygens (including phenoxy) is 2. The number of aromatic nitrogens is 3. The highest BCUT2D eigenvalue weighted by molar-refractivity contribution is 6.03. The van der Waals surface area contributed by atoms with Gasteiger partial charge in [-0.05, 0) is 72.5 Å². The average Bonchev–Trinajstić information content (AvgIpc) is 3.29. The highest BCUT2D eigenvalue weighted by atomic mass is 19.4. The Morgan fingerprint density at radius 2 is 1.64 bits per heavy atom. The van der Waals surface area contributed by atoms with Gasteiger partial charge in [0.2, 0.25) is 0 Å². The lowest BCUT2D eigenvalue weighted by Crippen LogP contribution is -2.17. The molecule has 0 aliphatic carbocycles. The summed E-state index contributed by atoms with van der Waals surface area (Å²) in [5.74, 6) is 6.73. The zero-order chi connectivity index (χ0) is 30.0. The van der Waals surface area contributed by atoms with Crippen LogP contribution in [0.2, 0.25) is 0 Å². The van der Waals surface area contributed by atoms with Gasteiger partial charge in [0.05, 0.1) is 6.54 Å². The van der Waals surface area contributed by atoms with Crippen LogP contribution in [0.4, 0.5) is 13.2 Å². The van der Waals surface area contributed by atoms with Crippen molar-refractivity contribution in [3.05, 3.63) is 101 Å². The molecule has 5 rings (SSSR count). The molecule has 0 spiro atoms. The lowest BCUT2D eigenvalue weighted by atomic mass is 9.97. The number of aryl methyl sites for hydroxylation is 3. The summed E-state index contributed by atoms with van der Waals surface area (Å²) in [6.45, 7) is 6.68. The van der Waals surface area contributed by atoms with Crippen molar-refractivity contribution in [2.45, 2.75) is 40.1 Å². The van der Waals surface area contributed by atoms with Crippen molar-refractivity contribution < 1.29 is 22.6 Å². The molecular formula is C31H29F3N6O2. The van der Waals surface area contributed by atoms with Gasteiger partial charge >= 0.3 is 6.36 Å². The second-order valence-electron chi connectivity index (χ2n) is 9.76. The molecule has 0 amide bonds. The van der Waals surface area contributed by atoms with E-state index in [1.165, 1.54) is 18.2 Å². The van der Waals surface area contributed by atoms with Gasteiger partial charge in [-0.25, -0.2) is 9.97 Å². The number of hydrogen-bond donors (Lipinski definition) is 2. The van der Waals surface area contributed by atoms with E-state index in [-0.39, 0.29) is 17.3 Å². The summed E-state index contributed by atoms with van der Waals surface area (Å²) in [7, 11) is 0. The van der Waals surface area contributed by atoms with Gasteiger partial charge in [0.25, 0.3) is 0 Å². The van der Waals surface area contributed by atoms with Gasteiger partial charge < -0.3 is 25.6 Å². The number of imidazole rings is 1. The molecule has 2 aromatic heterocycles. The molecule has 0 saturated heterocycles. The number of nitrogens with two attached hydrogens (primary N) is 2. The smallest absolute Gasteiger partial charge is 0.457 e. The number of benzene rings is 3. The van der Waals surface area contributed by atoms with Crippen LogP contribution in [0.25, 0.3) is 22.3 Å². The number of hydrogen-bond acceptors (Lipinski definition) is 6. The second-order valence-corrected chi connectivity index (χ2v) is 9.76. The van der Waals surface area contributed by atoms with E-state index in [2.05, 4.69) is 21.3 Å². The Morgan fingerprint density at radius 3 is 2.33 bits per heavy atom. The molecule has 3 aromatic carbocycles. The van der Waals surface area contributed by atoms with E-state index in [0.29, 0.717) is 23.4 Å². The first-order chi connectivity index (χ1) is 20.0. The first-order valence-corrected chi connectivity index (χ1v) is 13.2. The average molecular weight is 575 g/mol. The van der Waals surface area contributed by atoms with E-state index in [1.54, 1.807) is 18.2 Å². The third kappa shape index (κ3) is 6.14. The van der Waals surface area contributed by atoms with Crippen molar-refractivity contribution in [3.8, 4) is 28.4 Å². The zero-order valence-corrected chi connectivity index (χ0v) is 23.2. The van der Waals surface area contributed by atoms with E-state index in [1.807, 2.05) is 44.2 Å². The molecule has 8 nitrogen and oxygen atoms in total. The normalized spacial score (nSPS) is 12.1. The monoisotopic (exact) mass is 574 g/mol. The fourth-order valence-electron chi connectivity index (χ4n) is 4.85. The highest BCUT2D eigenvalue weighted by Gasteiger charge is 2.31. The van der Waals surface area contributed by atoms with Gasteiger partial charge in [0.15, 0.2) is 11.5 Å². The van der Waals surface area contributed by atoms with Crippen LogP contribution in [0.15, 0.2) is 77.9 Å². The molecular weight excluding hydrogens is 545 g/mol. The predicted molar refractivity (Wildman–Crippen MR) is 155 cm³/mol. The maximum Gasteiger partial charge on any atom is 0.573 e. The van der Waals surface area contributed by atoms with Crippen molar-refractivity contribution in [2.24, 2.45) is 16.7 Å². The number of fused-ring (bicyclic) bond motifs is 1. The van der Waals surface area contributed by atoms with Crippen LogP contribution in [-0.4, -0.2) is 26.7 Å². The first-order valence-electron chi connectivity index (χ1n) is 13.2.